The minimum Gasteiger partial charge on any atom is -0.380 e. The van der Waals surface area contributed by atoms with Crippen LogP contribution in [0.25, 0.3) is 0 Å². The summed E-state index contributed by atoms with van der Waals surface area (Å²) in [6.45, 7) is 0. The van der Waals surface area contributed by atoms with Crippen molar-refractivity contribution in [3.05, 3.63) is 0 Å². The molecule has 8 heavy (non-hydrogen) atoms. The highest BCUT2D eigenvalue weighted by molar-refractivity contribution is 9.12. The van der Waals surface area contributed by atoms with Crippen molar-refractivity contribution in [2.45, 2.75) is 18.9 Å². The lowest BCUT2D eigenvalue weighted by molar-refractivity contribution is 0.209. The van der Waals surface area contributed by atoms with Crippen LogP contribution in [0.3, 0.4) is 0 Å². The molecule has 1 nitrogen and oxygen atoms in total. The van der Waals surface area contributed by atoms with Crippen LogP contribution in [0.2, 0.25) is 0 Å². The maximum Gasteiger partial charge on any atom is 0.118 e. The molecule has 0 aromatic rings. The summed E-state index contributed by atoms with van der Waals surface area (Å²) >= 11 is 2.92. The molecule has 1 rings (SSSR count). The molecule has 0 aromatic heterocycles. The summed E-state index contributed by atoms with van der Waals surface area (Å²) in [6, 6.07) is 0. The first-order valence-electron chi connectivity index (χ1n) is 2.64. The number of halogens is 1. The zero-order valence-corrected chi connectivity index (χ0v) is 5.98. The molecule has 0 amide bonds. The lowest BCUT2D eigenvalue weighted by Crippen LogP contribution is -2.03. The molecule has 1 atom stereocenters. The van der Waals surface area contributed by atoms with Gasteiger partial charge in [-0.05, 0) is 23.6 Å². The number of aliphatic hydroxyl groups is 1. The van der Waals surface area contributed by atoms with Gasteiger partial charge in [-0.2, -0.15) is 0 Å². The van der Waals surface area contributed by atoms with Crippen molar-refractivity contribution in [3.63, 3.8) is 0 Å². The number of hydrogen-bond donors (Lipinski definition) is 1. The summed E-state index contributed by atoms with van der Waals surface area (Å²) in [5.41, 5.74) is 0. The van der Waals surface area contributed by atoms with Crippen molar-refractivity contribution in [2.75, 3.05) is 0 Å². The first-order chi connectivity index (χ1) is 3.84. The third kappa shape index (κ3) is 1.50. The molecule has 0 aromatic carbocycles. The van der Waals surface area contributed by atoms with Crippen LogP contribution in [0.1, 0.15) is 12.8 Å². The Labute approximate surface area is 57.2 Å². The predicted molar refractivity (Wildman–Crippen MR) is 35.4 cm³/mol. The van der Waals surface area contributed by atoms with Crippen LogP contribution >= 0.6 is 15.9 Å². The average molecular weight is 175 g/mol. The second-order valence-electron chi connectivity index (χ2n) is 2.02. The Hall–Kier alpha value is 0. The fourth-order valence-corrected chi connectivity index (χ4v) is 0.820. The van der Waals surface area contributed by atoms with E-state index in [4.69, 9.17) is 5.11 Å². The van der Waals surface area contributed by atoms with Gasteiger partial charge in [0.05, 0.1) is 0 Å². The average Bonchev–Trinajstić information content (AvgIpc) is 2.45. The van der Waals surface area contributed by atoms with E-state index in [0.717, 1.165) is 12.8 Å². The second kappa shape index (κ2) is 2.52. The minimum atomic E-state index is -0.380. The molecule has 1 aliphatic carbocycles. The van der Waals surface area contributed by atoms with Gasteiger partial charge in [0.1, 0.15) is 6.10 Å². The molecule has 0 bridgehead atoms. The van der Waals surface area contributed by atoms with Gasteiger partial charge in [0.25, 0.3) is 0 Å². The van der Waals surface area contributed by atoms with Crippen molar-refractivity contribution < 1.29 is 5.11 Å². The Balaban J connectivity index is 2.29. The van der Waals surface area contributed by atoms with Gasteiger partial charge >= 0.3 is 0 Å². The van der Waals surface area contributed by atoms with Crippen LogP contribution in [0.4, 0.5) is 0 Å². The van der Waals surface area contributed by atoms with Crippen LogP contribution in [-0.4, -0.2) is 11.2 Å². The largest absolute Gasteiger partial charge is 0.380 e. The molecule has 0 spiro atoms. The van der Waals surface area contributed by atoms with Crippen LogP contribution in [0.5, 0.6) is 0 Å². The van der Waals surface area contributed by atoms with Gasteiger partial charge in [-0.1, -0.05) is 5.92 Å². The fourth-order valence-electron chi connectivity index (χ4n) is 0.586. The molecule has 0 radical (unpaired) electrons. The molecule has 1 saturated carbocycles. The van der Waals surface area contributed by atoms with E-state index in [1.54, 1.807) is 0 Å². The van der Waals surface area contributed by atoms with Gasteiger partial charge < -0.3 is 5.11 Å². The molecule has 0 saturated heterocycles. The summed E-state index contributed by atoms with van der Waals surface area (Å²) < 4.78 is 0. The number of rotatable bonds is 1. The van der Waals surface area contributed by atoms with Crippen molar-refractivity contribution >= 4 is 15.9 Å². The maximum absolute atomic E-state index is 8.99. The van der Waals surface area contributed by atoms with E-state index in [-0.39, 0.29) is 6.10 Å². The Kier molecular flexibility index (Phi) is 1.93. The molecular formula is C6H7BrO. The van der Waals surface area contributed by atoms with Gasteiger partial charge in [0.15, 0.2) is 0 Å². The zero-order chi connectivity index (χ0) is 5.98. The summed E-state index contributed by atoms with van der Waals surface area (Å²) in [6.07, 6.45) is 1.90. The molecule has 1 N–H and O–H groups in total. The summed E-state index contributed by atoms with van der Waals surface area (Å²) in [4.78, 5) is 2.50. The van der Waals surface area contributed by atoms with Crippen molar-refractivity contribution in [3.8, 4) is 10.8 Å². The summed E-state index contributed by atoms with van der Waals surface area (Å²) in [5, 5.41) is 8.99. The Morgan fingerprint density at radius 3 is 2.62 bits per heavy atom. The molecule has 0 aliphatic heterocycles. The van der Waals surface area contributed by atoms with E-state index >= 15 is 0 Å². The molecule has 1 aliphatic rings. The fraction of sp³-hybridized carbons (Fsp3) is 0.667. The minimum absolute atomic E-state index is 0.380. The van der Waals surface area contributed by atoms with Crippen LogP contribution in [-0.2, 0) is 0 Å². The van der Waals surface area contributed by atoms with E-state index in [1.165, 1.54) is 0 Å². The molecular weight excluding hydrogens is 168 g/mol. The maximum atomic E-state index is 8.99. The Morgan fingerprint density at radius 2 is 2.25 bits per heavy atom. The van der Waals surface area contributed by atoms with Crippen molar-refractivity contribution in [2.24, 2.45) is 5.92 Å². The van der Waals surface area contributed by atoms with Crippen molar-refractivity contribution in [1.29, 1.82) is 0 Å². The first kappa shape index (κ1) is 6.12. The third-order valence-electron chi connectivity index (χ3n) is 1.27. The lowest BCUT2D eigenvalue weighted by atomic mass is 10.2. The van der Waals surface area contributed by atoms with Gasteiger partial charge in [0.2, 0.25) is 0 Å². The Bertz CT molecular complexity index is 129. The van der Waals surface area contributed by atoms with Gasteiger partial charge in [0, 0.05) is 15.9 Å². The Morgan fingerprint density at radius 1 is 1.62 bits per heavy atom. The quantitative estimate of drug-likeness (QED) is 0.592. The van der Waals surface area contributed by atoms with E-state index in [2.05, 4.69) is 26.7 Å². The van der Waals surface area contributed by atoms with E-state index in [0.29, 0.717) is 5.92 Å². The van der Waals surface area contributed by atoms with E-state index < -0.39 is 0 Å². The third-order valence-corrected chi connectivity index (χ3v) is 1.50. The second-order valence-corrected chi connectivity index (χ2v) is 2.42. The van der Waals surface area contributed by atoms with Gasteiger partial charge in [-0.15, -0.1) is 0 Å². The monoisotopic (exact) mass is 174 g/mol. The topological polar surface area (TPSA) is 20.2 Å². The standard InChI is InChI=1S/C6H7BrO/c7-4-3-6(8)5-1-2-5/h5-6,8H,1-2H2/t6-/m1/s1. The summed E-state index contributed by atoms with van der Waals surface area (Å²) in [7, 11) is 0. The lowest BCUT2D eigenvalue weighted by Gasteiger charge is -1.94. The van der Waals surface area contributed by atoms with Gasteiger partial charge in [-0.25, -0.2) is 0 Å². The zero-order valence-electron chi connectivity index (χ0n) is 4.39. The molecule has 1 fully saturated rings. The highest BCUT2D eigenvalue weighted by atomic mass is 79.9. The molecule has 2 heteroatoms. The smallest absolute Gasteiger partial charge is 0.118 e. The first-order valence-corrected chi connectivity index (χ1v) is 3.43. The SMILES string of the molecule is O[C@H](C#CBr)C1CC1. The van der Waals surface area contributed by atoms with Crippen LogP contribution in [0, 0.1) is 16.7 Å². The predicted octanol–water partition coefficient (Wildman–Crippen LogP) is 1.11. The van der Waals surface area contributed by atoms with Crippen molar-refractivity contribution in [1.82, 2.24) is 0 Å². The highest BCUT2D eigenvalue weighted by Crippen LogP contribution is 2.32. The van der Waals surface area contributed by atoms with E-state index in [1.807, 2.05) is 0 Å². The summed E-state index contributed by atoms with van der Waals surface area (Å²) in [5.74, 6) is 3.10. The van der Waals surface area contributed by atoms with E-state index in [9.17, 15) is 0 Å². The van der Waals surface area contributed by atoms with Crippen LogP contribution < -0.4 is 0 Å². The molecule has 44 valence electrons. The number of hydrogen-bond acceptors (Lipinski definition) is 1. The molecule has 0 heterocycles. The number of aliphatic hydroxyl groups excluding tert-OH is 1. The highest BCUT2D eigenvalue weighted by Gasteiger charge is 2.28. The molecule has 0 unspecified atom stereocenters. The van der Waals surface area contributed by atoms with Crippen LogP contribution in [0.15, 0.2) is 0 Å². The van der Waals surface area contributed by atoms with Gasteiger partial charge in [-0.3, -0.25) is 0 Å². The normalized spacial score (nSPS) is 21.2.